The van der Waals surface area contributed by atoms with E-state index in [-0.39, 0.29) is 5.91 Å². The summed E-state index contributed by atoms with van der Waals surface area (Å²) in [6, 6.07) is 18.6. The molecule has 3 heterocycles. The number of benzene rings is 3. The minimum absolute atomic E-state index is 0.147. The van der Waals surface area contributed by atoms with Gasteiger partial charge >= 0.3 is 6.09 Å². The van der Waals surface area contributed by atoms with Crippen LogP contribution in [0.5, 0.6) is 11.5 Å². The second kappa shape index (κ2) is 10.3. The Balaban J connectivity index is 1.48. The number of hydrogen-bond acceptors (Lipinski definition) is 6. The van der Waals surface area contributed by atoms with Crippen LogP contribution in [0.2, 0.25) is 0 Å². The van der Waals surface area contributed by atoms with Gasteiger partial charge in [0.05, 0.1) is 17.6 Å². The van der Waals surface area contributed by atoms with Crippen molar-refractivity contribution in [3.63, 3.8) is 0 Å². The van der Waals surface area contributed by atoms with E-state index < -0.39 is 17.7 Å². The standard InChI is InChI=1S/C32H31N5O4/c1-32(2,3)41-31(39)37-13-11-24-18-34-20-35(24)19-21-7-8-23(17-33)29(15-21)40-25-10-9-22-5-4-6-27(26(22)16-25)36-14-12-28(37)30(36)38/h4-10,15-16,18,20,28H,11-14,19H2,1-3H3/t28-/m0/s1. The van der Waals surface area contributed by atoms with Gasteiger partial charge in [-0.15, -0.1) is 0 Å². The van der Waals surface area contributed by atoms with Crippen LogP contribution in [-0.2, 0) is 22.5 Å². The second-order valence-corrected chi connectivity index (χ2v) is 11.4. The molecule has 1 aromatic heterocycles. The zero-order valence-electron chi connectivity index (χ0n) is 23.3. The molecule has 4 aromatic rings. The first-order valence-corrected chi connectivity index (χ1v) is 13.7. The molecular weight excluding hydrogens is 518 g/mol. The largest absolute Gasteiger partial charge is 0.456 e. The predicted octanol–water partition coefficient (Wildman–Crippen LogP) is 5.65. The summed E-state index contributed by atoms with van der Waals surface area (Å²) in [6.07, 6.45) is 3.98. The highest BCUT2D eigenvalue weighted by Gasteiger charge is 2.40. The van der Waals surface area contributed by atoms with E-state index in [2.05, 4.69) is 11.1 Å². The van der Waals surface area contributed by atoms with Crippen molar-refractivity contribution in [1.29, 1.82) is 5.26 Å². The average molecular weight is 550 g/mol. The molecule has 1 fully saturated rings. The van der Waals surface area contributed by atoms with Crippen molar-refractivity contribution < 1.29 is 19.1 Å². The SMILES string of the molecule is CC(C)(C)OC(=O)N1CCc2cncn2Cc2ccc(C#N)c(c2)Oc2ccc3cccc(c3c2)N2CC[C@H]1C2=O. The third-order valence-corrected chi connectivity index (χ3v) is 7.46. The van der Waals surface area contributed by atoms with Gasteiger partial charge in [-0.25, -0.2) is 9.78 Å². The number of fused-ring (bicyclic) bond motifs is 7. The fraction of sp³-hybridized carbons (Fsp3) is 0.312. The number of rotatable bonds is 0. The fourth-order valence-corrected chi connectivity index (χ4v) is 5.52. The van der Waals surface area contributed by atoms with Crippen LogP contribution in [0.25, 0.3) is 10.8 Å². The van der Waals surface area contributed by atoms with Crippen LogP contribution in [-0.4, -0.2) is 51.2 Å². The predicted molar refractivity (Wildman–Crippen MR) is 154 cm³/mol. The number of carbonyl (C=O) groups excluding carboxylic acids is 2. The first-order valence-electron chi connectivity index (χ1n) is 13.7. The molecule has 2 aliphatic heterocycles. The Morgan fingerprint density at radius 3 is 2.78 bits per heavy atom. The summed E-state index contributed by atoms with van der Waals surface area (Å²) >= 11 is 0. The van der Waals surface area contributed by atoms with Gasteiger partial charge in [-0.3, -0.25) is 9.69 Å². The molecule has 0 radical (unpaired) electrons. The Kier molecular flexibility index (Phi) is 6.62. The summed E-state index contributed by atoms with van der Waals surface area (Å²) in [5.41, 5.74) is 2.33. The molecule has 1 saturated heterocycles. The molecule has 2 amide bonds. The third-order valence-electron chi connectivity index (χ3n) is 7.46. The van der Waals surface area contributed by atoms with Crippen LogP contribution in [0, 0.1) is 11.3 Å². The molecule has 6 rings (SSSR count). The molecule has 0 N–H and O–H groups in total. The molecule has 6 bridgehead atoms. The Bertz CT molecular complexity index is 1700. The van der Waals surface area contributed by atoms with E-state index in [1.807, 2.05) is 73.9 Å². The van der Waals surface area contributed by atoms with Gasteiger partial charge in [-0.05, 0) is 68.5 Å². The van der Waals surface area contributed by atoms with Crippen LogP contribution in [0.1, 0.15) is 44.0 Å². The van der Waals surface area contributed by atoms with Gasteiger partial charge in [-0.1, -0.05) is 24.3 Å². The van der Waals surface area contributed by atoms with Crippen LogP contribution in [0.3, 0.4) is 0 Å². The highest BCUT2D eigenvalue weighted by atomic mass is 16.6. The van der Waals surface area contributed by atoms with Crippen molar-refractivity contribution >= 4 is 28.5 Å². The van der Waals surface area contributed by atoms with Crippen molar-refractivity contribution in [1.82, 2.24) is 14.5 Å². The lowest BCUT2D eigenvalue weighted by Gasteiger charge is -2.31. The van der Waals surface area contributed by atoms with E-state index in [1.165, 1.54) is 0 Å². The first-order chi connectivity index (χ1) is 19.7. The molecule has 208 valence electrons. The van der Waals surface area contributed by atoms with Gasteiger partial charge in [0.1, 0.15) is 29.2 Å². The van der Waals surface area contributed by atoms with Gasteiger partial charge in [0.15, 0.2) is 0 Å². The maximum atomic E-state index is 14.0. The Morgan fingerprint density at radius 2 is 1.98 bits per heavy atom. The molecule has 3 aromatic carbocycles. The van der Waals surface area contributed by atoms with Crippen molar-refractivity contribution in [3.8, 4) is 17.6 Å². The highest BCUT2D eigenvalue weighted by molar-refractivity contribution is 6.07. The van der Waals surface area contributed by atoms with Crippen molar-refractivity contribution in [2.75, 3.05) is 18.0 Å². The zero-order chi connectivity index (χ0) is 28.7. The molecule has 9 nitrogen and oxygen atoms in total. The maximum absolute atomic E-state index is 14.0. The lowest BCUT2D eigenvalue weighted by molar-refractivity contribution is -0.121. The van der Waals surface area contributed by atoms with E-state index in [1.54, 1.807) is 28.4 Å². The Morgan fingerprint density at radius 1 is 1.12 bits per heavy atom. The average Bonchev–Trinajstić information content (AvgIpc) is 3.53. The fourth-order valence-electron chi connectivity index (χ4n) is 5.52. The lowest BCUT2D eigenvalue weighted by Crippen LogP contribution is -2.48. The first kappa shape index (κ1) is 26.4. The number of carbonyl (C=O) groups is 2. The van der Waals surface area contributed by atoms with Crippen LogP contribution < -0.4 is 9.64 Å². The lowest BCUT2D eigenvalue weighted by atomic mass is 10.1. The van der Waals surface area contributed by atoms with Gasteiger partial charge in [0.2, 0.25) is 5.91 Å². The van der Waals surface area contributed by atoms with Crippen molar-refractivity contribution in [3.05, 3.63) is 83.9 Å². The summed E-state index contributed by atoms with van der Waals surface area (Å²) in [4.78, 5) is 35.1. The number of nitrogens with zero attached hydrogens (tertiary/aromatic N) is 5. The van der Waals surface area contributed by atoms with Crippen LogP contribution in [0.15, 0.2) is 67.1 Å². The number of anilines is 1. The van der Waals surface area contributed by atoms with E-state index in [4.69, 9.17) is 9.47 Å². The number of hydrogen-bond donors (Lipinski definition) is 0. The summed E-state index contributed by atoms with van der Waals surface area (Å²) in [5, 5.41) is 11.6. The number of aromatic nitrogens is 2. The van der Waals surface area contributed by atoms with Gasteiger partial charge in [-0.2, -0.15) is 5.26 Å². The molecule has 0 unspecified atom stereocenters. The minimum atomic E-state index is -0.701. The highest BCUT2D eigenvalue weighted by Crippen LogP contribution is 2.36. The van der Waals surface area contributed by atoms with Crippen LogP contribution >= 0.6 is 0 Å². The van der Waals surface area contributed by atoms with Gasteiger partial charge < -0.3 is 18.9 Å². The summed E-state index contributed by atoms with van der Waals surface area (Å²) in [7, 11) is 0. The molecule has 0 aliphatic carbocycles. The van der Waals surface area contributed by atoms with Crippen molar-refractivity contribution in [2.45, 2.75) is 51.8 Å². The summed E-state index contributed by atoms with van der Waals surface area (Å²) < 4.78 is 14.0. The number of nitriles is 1. The number of amides is 2. The quantitative estimate of drug-likeness (QED) is 0.281. The smallest absolute Gasteiger partial charge is 0.410 e. The molecule has 41 heavy (non-hydrogen) atoms. The molecule has 0 spiro atoms. The van der Waals surface area contributed by atoms with Crippen molar-refractivity contribution in [2.24, 2.45) is 0 Å². The molecular formula is C32H31N5O4. The zero-order valence-corrected chi connectivity index (χ0v) is 23.3. The number of ether oxygens (including phenoxy) is 2. The molecule has 9 heteroatoms. The molecule has 1 atom stereocenters. The van der Waals surface area contributed by atoms with E-state index in [9.17, 15) is 14.9 Å². The van der Waals surface area contributed by atoms with Gasteiger partial charge in [0, 0.05) is 43.3 Å². The normalized spacial score (nSPS) is 17.1. The summed E-state index contributed by atoms with van der Waals surface area (Å²) in [5.74, 6) is 0.872. The van der Waals surface area contributed by atoms with E-state index in [0.717, 1.165) is 27.7 Å². The molecule has 2 aliphatic rings. The topological polar surface area (TPSA) is 101 Å². The monoisotopic (exact) mass is 549 g/mol. The van der Waals surface area contributed by atoms with Gasteiger partial charge in [0.25, 0.3) is 0 Å². The van der Waals surface area contributed by atoms with Crippen LogP contribution in [0.4, 0.5) is 10.5 Å². The minimum Gasteiger partial charge on any atom is -0.456 e. The molecule has 0 saturated carbocycles. The number of imidazole rings is 1. The summed E-state index contributed by atoms with van der Waals surface area (Å²) in [6.45, 7) is 6.73. The second-order valence-electron chi connectivity index (χ2n) is 11.4. The maximum Gasteiger partial charge on any atom is 0.410 e. The van der Waals surface area contributed by atoms with E-state index >= 15 is 0 Å². The van der Waals surface area contributed by atoms with E-state index in [0.29, 0.717) is 49.5 Å². The Hall–Kier alpha value is -4.84. The third kappa shape index (κ3) is 5.21. The Labute approximate surface area is 238 Å².